The summed E-state index contributed by atoms with van der Waals surface area (Å²) < 4.78 is 2.25. The van der Waals surface area contributed by atoms with Gasteiger partial charge in [-0.15, -0.1) is 17.9 Å². The molecule has 0 bridgehead atoms. The normalized spacial score (nSPS) is 11.2. The van der Waals surface area contributed by atoms with Crippen molar-refractivity contribution >= 4 is 28.1 Å². The predicted octanol–water partition coefficient (Wildman–Crippen LogP) is 3.02. The van der Waals surface area contributed by atoms with Crippen LogP contribution in [-0.2, 0) is 6.54 Å². The Morgan fingerprint density at radius 2 is 2.39 bits per heavy atom. The molecular formula is C13H19N3S2. The molecule has 5 heteroatoms. The molecule has 98 valence electrons. The summed E-state index contributed by atoms with van der Waals surface area (Å²) in [6.07, 6.45) is 1.95. The molecule has 0 aliphatic heterocycles. The summed E-state index contributed by atoms with van der Waals surface area (Å²) in [6, 6.07) is 0. The first-order valence-corrected chi connectivity index (χ1v) is 8.09. The highest BCUT2D eigenvalue weighted by Crippen LogP contribution is 2.20. The van der Waals surface area contributed by atoms with E-state index in [9.17, 15) is 0 Å². The second kappa shape index (κ2) is 6.41. The minimum atomic E-state index is 0.888. The maximum atomic E-state index is 4.59. The Hall–Kier alpha value is -0.780. The lowest BCUT2D eigenvalue weighted by atomic mass is 10.3. The molecule has 0 radical (unpaired) electrons. The van der Waals surface area contributed by atoms with Crippen molar-refractivity contribution in [1.82, 2.24) is 14.7 Å². The van der Waals surface area contributed by atoms with Gasteiger partial charge in [0, 0.05) is 35.7 Å². The molecule has 0 amide bonds. The zero-order valence-electron chi connectivity index (χ0n) is 10.9. The maximum absolute atomic E-state index is 4.59. The lowest BCUT2D eigenvalue weighted by Gasteiger charge is -2.05. The molecule has 0 saturated heterocycles. The van der Waals surface area contributed by atoms with Gasteiger partial charge in [0.1, 0.15) is 0 Å². The lowest BCUT2D eigenvalue weighted by Crippen LogP contribution is -2.18. The molecule has 0 saturated carbocycles. The highest BCUT2D eigenvalue weighted by atomic mass is 32.2. The Morgan fingerprint density at radius 1 is 1.56 bits per heavy atom. The highest BCUT2D eigenvalue weighted by Gasteiger charge is 2.11. The topological polar surface area (TPSA) is 29.3 Å². The minimum absolute atomic E-state index is 0.888. The Labute approximate surface area is 116 Å². The summed E-state index contributed by atoms with van der Waals surface area (Å²) >= 11 is 3.61. The zero-order chi connectivity index (χ0) is 13.0. The van der Waals surface area contributed by atoms with E-state index in [0.29, 0.717) is 0 Å². The van der Waals surface area contributed by atoms with Crippen LogP contribution in [0, 0.1) is 13.8 Å². The van der Waals surface area contributed by atoms with E-state index < -0.39 is 0 Å². The number of aryl methyl sites for hydroxylation is 2. The fourth-order valence-corrected chi connectivity index (χ4v) is 3.45. The number of imidazole rings is 1. The SMILES string of the molecule is C=CCSCCNCc1c(C)nc2scc(C)n12. The lowest BCUT2D eigenvalue weighted by molar-refractivity contribution is 0.704. The molecule has 2 aromatic heterocycles. The van der Waals surface area contributed by atoms with Gasteiger partial charge in [0.2, 0.25) is 0 Å². The van der Waals surface area contributed by atoms with Crippen LogP contribution < -0.4 is 5.32 Å². The smallest absolute Gasteiger partial charge is 0.194 e. The second-order valence-corrected chi connectivity index (χ2v) is 6.17. The Bertz CT molecular complexity index is 528. The van der Waals surface area contributed by atoms with Crippen molar-refractivity contribution in [1.29, 1.82) is 0 Å². The Balaban J connectivity index is 1.92. The third kappa shape index (κ3) is 2.96. The van der Waals surface area contributed by atoms with Gasteiger partial charge in [0.05, 0.1) is 11.4 Å². The number of thioether (sulfide) groups is 1. The molecule has 0 aliphatic rings. The number of hydrogen-bond acceptors (Lipinski definition) is 4. The van der Waals surface area contributed by atoms with Crippen LogP contribution in [0.5, 0.6) is 0 Å². The fourth-order valence-electron chi connectivity index (χ4n) is 1.89. The summed E-state index contributed by atoms with van der Waals surface area (Å²) in [4.78, 5) is 5.69. The number of rotatable bonds is 7. The van der Waals surface area contributed by atoms with Crippen LogP contribution in [0.4, 0.5) is 0 Å². The molecule has 3 nitrogen and oxygen atoms in total. The van der Waals surface area contributed by atoms with Crippen LogP contribution in [-0.4, -0.2) is 27.4 Å². The van der Waals surface area contributed by atoms with Gasteiger partial charge in [-0.2, -0.15) is 11.8 Å². The van der Waals surface area contributed by atoms with Crippen LogP contribution in [0.15, 0.2) is 18.0 Å². The molecule has 0 atom stereocenters. The summed E-state index contributed by atoms with van der Waals surface area (Å²) in [6.45, 7) is 9.85. The van der Waals surface area contributed by atoms with E-state index in [-0.39, 0.29) is 0 Å². The van der Waals surface area contributed by atoms with E-state index in [2.05, 4.69) is 40.5 Å². The van der Waals surface area contributed by atoms with Crippen LogP contribution in [0.1, 0.15) is 17.1 Å². The largest absolute Gasteiger partial charge is 0.310 e. The molecule has 2 aromatic rings. The van der Waals surface area contributed by atoms with Crippen LogP contribution in [0.2, 0.25) is 0 Å². The molecule has 0 unspecified atom stereocenters. The first-order valence-electron chi connectivity index (χ1n) is 6.05. The number of thiazole rings is 1. The summed E-state index contributed by atoms with van der Waals surface area (Å²) in [7, 11) is 0. The van der Waals surface area contributed by atoms with Crippen molar-refractivity contribution in [3.8, 4) is 0 Å². The monoisotopic (exact) mass is 281 g/mol. The number of fused-ring (bicyclic) bond motifs is 1. The van der Waals surface area contributed by atoms with Crippen LogP contribution in [0.3, 0.4) is 0 Å². The van der Waals surface area contributed by atoms with Gasteiger partial charge in [-0.1, -0.05) is 6.08 Å². The van der Waals surface area contributed by atoms with Gasteiger partial charge in [0.25, 0.3) is 0 Å². The minimum Gasteiger partial charge on any atom is -0.310 e. The zero-order valence-corrected chi connectivity index (χ0v) is 12.5. The van der Waals surface area contributed by atoms with Crippen molar-refractivity contribution in [2.75, 3.05) is 18.1 Å². The van der Waals surface area contributed by atoms with Gasteiger partial charge >= 0.3 is 0 Å². The molecule has 18 heavy (non-hydrogen) atoms. The van der Waals surface area contributed by atoms with Gasteiger partial charge in [0.15, 0.2) is 4.96 Å². The standard InChI is InChI=1S/C13H19N3S2/c1-4-6-17-7-5-14-8-12-11(3)15-13-16(12)10(2)9-18-13/h4,9,14H,1,5-8H2,2-3H3. The average molecular weight is 281 g/mol. The van der Waals surface area contributed by atoms with Crippen molar-refractivity contribution in [2.45, 2.75) is 20.4 Å². The molecule has 2 rings (SSSR count). The Kier molecular flexibility index (Phi) is 4.86. The summed E-state index contributed by atoms with van der Waals surface area (Å²) in [5.74, 6) is 2.15. The average Bonchev–Trinajstić information content (AvgIpc) is 2.85. The number of nitrogens with zero attached hydrogens (tertiary/aromatic N) is 2. The van der Waals surface area contributed by atoms with E-state index in [1.807, 2.05) is 17.8 Å². The van der Waals surface area contributed by atoms with E-state index in [1.165, 1.54) is 11.4 Å². The predicted molar refractivity (Wildman–Crippen MR) is 81.8 cm³/mol. The van der Waals surface area contributed by atoms with Gasteiger partial charge < -0.3 is 5.32 Å². The molecule has 1 N–H and O–H groups in total. The molecule has 0 spiro atoms. The summed E-state index contributed by atoms with van der Waals surface area (Å²) in [5.41, 5.74) is 3.70. The molecule has 0 aliphatic carbocycles. The third-order valence-corrected chi connectivity index (χ3v) is 4.69. The quantitative estimate of drug-likeness (QED) is 0.625. The molecular weight excluding hydrogens is 262 g/mol. The van der Waals surface area contributed by atoms with Crippen molar-refractivity contribution < 1.29 is 0 Å². The Morgan fingerprint density at radius 3 is 3.17 bits per heavy atom. The molecule has 2 heterocycles. The van der Waals surface area contributed by atoms with Crippen molar-refractivity contribution in [3.05, 3.63) is 35.1 Å². The van der Waals surface area contributed by atoms with Gasteiger partial charge in [-0.05, 0) is 13.8 Å². The fraction of sp³-hybridized carbons (Fsp3) is 0.462. The highest BCUT2D eigenvalue weighted by molar-refractivity contribution is 7.99. The summed E-state index contributed by atoms with van der Waals surface area (Å²) in [5, 5.41) is 5.64. The van der Waals surface area contributed by atoms with Crippen LogP contribution in [0.25, 0.3) is 4.96 Å². The first-order chi connectivity index (χ1) is 8.74. The van der Waals surface area contributed by atoms with Crippen LogP contribution >= 0.6 is 23.1 Å². The molecule has 0 aromatic carbocycles. The maximum Gasteiger partial charge on any atom is 0.194 e. The van der Waals surface area contributed by atoms with E-state index in [1.54, 1.807) is 11.3 Å². The first kappa shape index (κ1) is 13.6. The third-order valence-electron chi connectivity index (χ3n) is 2.78. The van der Waals surface area contributed by atoms with Crippen molar-refractivity contribution in [3.63, 3.8) is 0 Å². The number of nitrogens with one attached hydrogen (secondary N) is 1. The number of hydrogen-bond donors (Lipinski definition) is 1. The molecule has 0 fully saturated rings. The number of aromatic nitrogens is 2. The second-order valence-electron chi connectivity index (χ2n) is 4.18. The van der Waals surface area contributed by atoms with E-state index in [4.69, 9.17) is 0 Å². The van der Waals surface area contributed by atoms with E-state index in [0.717, 1.165) is 35.3 Å². The van der Waals surface area contributed by atoms with Crippen molar-refractivity contribution in [2.24, 2.45) is 0 Å². The van der Waals surface area contributed by atoms with Gasteiger partial charge in [-0.25, -0.2) is 4.98 Å². The van der Waals surface area contributed by atoms with E-state index >= 15 is 0 Å². The van der Waals surface area contributed by atoms with Gasteiger partial charge in [-0.3, -0.25) is 4.40 Å².